The van der Waals surface area contributed by atoms with Crippen molar-refractivity contribution in [1.29, 1.82) is 0 Å². The number of rotatable bonds is 70. The predicted molar refractivity (Wildman–Crippen MR) is 363 cm³/mol. The summed E-state index contributed by atoms with van der Waals surface area (Å²) in [6.07, 6.45) is 48.5. The van der Waals surface area contributed by atoms with Gasteiger partial charge < -0.3 is 33.8 Å². The van der Waals surface area contributed by atoms with Gasteiger partial charge in [0, 0.05) is 25.7 Å². The third kappa shape index (κ3) is 63.5. The first-order valence-electron chi connectivity index (χ1n) is 37.0. The van der Waals surface area contributed by atoms with Crippen LogP contribution in [-0.4, -0.2) is 96.7 Å². The first-order chi connectivity index (χ1) is 43.4. The van der Waals surface area contributed by atoms with Crippen molar-refractivity contribution < 1.29 is 80.2 Å². The number of unbranched alkanes of at least 4 members (excludes halogenated alkanes) is 39. The van der Waals surface area contributed by atoms with Gasteiger partial charge in [-0.15, -0.1) is 0 Å². The van der Waals surface area contributed by atoms with E-state index in [2.05, 4.69) is 41.5 Å². The van der Waals surface area contributed by atoms with Crippen LogP contribution in [0, 0.1) is 11.8 Å². The highest BCUT2D eigenvalue weighted by molar-refractivity contribution is 7.47. The smallest absolute Gasteiger partial charge is 0.462 e. The zero-order valence-electron chi connectivity index (χ0n) is 58.4. The third-order valence-electron chi connectivity index (χ3n) is 16.8. The molecule has 0 aromatic rings. The summed E-state index contributed by atoms with van der Waals surface area (Å²) in [5.41, 5.74) is 0. The van der Waals surface area contributed by atoms with Gasteiger partial charge in [0.2, 0.25) is 0 Å². The molecule has 19 heteroatoms. The SMILES string of the molecule is CCCCCCCCCCCCCCCCCC(=O)O[C@H](COC(=O)CCCCCCCCCCCCCC(C)C)COP(=O)(O)OC[C@@H](O)COP(=O)(O)OC[C@@H](COC(=O)CCCCCCCCC(C)CC)OC(=O)CCCCCCCCCCCCC. The van der Waals surface area contributed by atoms with Gasteiger partial charge >= 0.3 is 39.5 Å². The minimum Gasteiger partial charge on any atom is -0.462 e. The fourth-order valence-corrected chi connectivity index (χ4v) is 12.3. The Balaban J connectivity index is 5.25. The van der Waals surface area contributed by atoms with Gasteiger partial charge in [-0.3, -0.25) is 37.3 Å². The minimum atomic E-state index is -4.95. The van der Waals surface area contributed by atoms with E-state index >= 15 is 0 Å². The monoisotopic (exact) mass is 1320 g/mol. The Morgan fingerprint density at radius 2 is 0.567 bits per heavy atom. The number of carbonyl (C=O) groups is 4. The lowest BCUT2D eigenvalue weighted by atomic mass is 10.00. The predicted octanol–water partition coefficient (Wildman–Crippen LogP) is 20.4. The second-order valence-electron chi connectivity index (χ2n) is 26.3. The Morgan fingerprint density at radius 3 is 0.844 bits per heavy atom. The average molecular weight is 1330 g/mol. The summed E-state index contributed by atoms with van der Waals surface area (Å²) in [4.78, 5) is 72.6. The molecule has 0 spiro atoms. The van der Waals surface area contributed by atoms with E-state index in [0.29, 0.717) is 25.7 Å². The summed E-state index contributed by atoms with van der Waals surface area (Å²) in [5, 5.41) is 10.6. The molecule has 0 aliphatic rings. The maximum atomic E-state index is 13.0. The molecule has 0 radical (unpaired) electrons. The van der Waals surface area contributed by atoms with Crippen molar-refractivity contribution in [3.8, 4) is 0 Å². The fourth-order valence-electron chi connectivity index (χ4n) is 10.7. The molecule has 0 aliphatic heterocycles. The molecule has 0 amide bonds. The van der Waals surface area contributed by atoms with E-state index in [-0.39, 0.29) is 25.7 Å². The van der Waals surface area contributed by atoms with E-state index < -0.39 is 97.5 Å². The Bertz CT molecular complexity index is 1750. The Kier molecular flexibility index (Phi) is 61.8. The summed E-state index contributed by atoms with van der Waals surface area (Å²) < 4.78 is 68.3. The summed E-state index contributed by atoms with van der Waals surface area (Å²) in [6.45, 7) is 9.52. The van der Waals surface area contributed by atoms with Crippen LogP contribution in [0.2, 0.25) is 0 Å². The van der Waals surface area contributed by atoms with Gasteiger partial charge in [0.15, 0.2) is 12.2 Å². The minimum absolute atomic E-state index is 0.106. The van der Waals surface area contributed by atoms with Gasteiger partial charge in [0.05, 0.1) is 26.4 Å². The second-order valence-corrected chi connectivity index (χ2v) is 29.3. The number of aliphatic hydroxyl groups excluding tert-OH is 1. The average Bonchev–Trinajstić information content (AvgIpc) is 3.27. The first kappa shape index (κ1) is 88.1. The molecule has 3 unspecified atom stereocenters. The van der Waals surface area contributed by atoms with E-state index in [9.17, 15) is 43.2 Å². The number of hydrogen-bond acceptors (Lipinski definition) is 15. The zero-order chi connectivity index (χ0) is 66.5. The van der Waals surface area contributed by atoms with Crippen LogP contribution in [-0.2, 0) is 65.4 Å². The summed E-state index contributed by atoms with van der Waals surface area (Å²) in [6, 6.07) is 0. The van der Waals surface area contributed by atoms with Crippen LogP contribution in [0.5, 0.6) is 0 Å². The van der Waals surface area contributed by atoms with Gasteiger partial charge in [-0.1, -0.05) is 311 Å². The van der Waals surface area contributed by atoms with Crippen molar-refractivity contribution >= 4 is 39.5 Å². The lowest BCUT2D eigenvalue weighted by molar-refractivity contribution is -0.161. The topological polar surface area (TPSA) is 237 Å². The maximum absolute atomic E-state index is 13.0. The standard InChI is InChI=1S/C71H138O17P2/c1-7-10-12-14-16-18-20-21-22-23-27-32-36-44-50-56-71(76)87-66(59-81-68(73)53-47-41-34-30-28-24-26-29-33-39-45-51-63(4)5)61-85-89(77,78)83-57-65(72)58-84-90(79,80)86-62-67(60-82-69(74)54-48-42-38-37-40-46-52-64(6)9-3)88-70(75)55-49-43-35-31-25-19-17-15-13-11-8-2/h63-67,72H,7-62H2,1-6H3,(H,77,78)(H,79,80)/t64?,65-,66-,67-/m1/s1. The zero-order valence-corrected chi connectivity index (χ0v) is 60.2. The van der Waals surface area contributed by atoms with Crippen molar-refractivity contribution in [3.05, 3.63) is 0 Å². The van der Waals surface area contributed by atoms with E-state index in [4.69, 9.17) is 37.0 Å². The third-order valence-corrected chi connectivity index (χ3v) is 18.7. The summed E-state index contributed by atoms with van der Waals surface area (Å²) >= 11 is 0. The molecule has 6 atom stereocenters. The van der Waals surface area contributed by atoms with Crippen molar-refractivity contribution in [2.24, 2.45) is 11.8 Å². The van der Waals surface area contributed by atoms with Crippen LogP contribution < -0.4 is 0 Å². The number of ether oxygens (including phenoxy) is 4. The molecule has 0 aromatic heterocycles. The largest absolute Gasteiger partial charge is 0.472 e. The number of phosphoric ester groups is 2. The van der Waals surface area contributed by atoms with Crippen LogP contribution >= 0.6 is 15.6 Å². The molecule has 0 saturated heterocycles. The van der Waals surface area contributed by atoms with Crippen LogP contribution in [0.1, 0.15) is 363 Å². The van der Waals surface area contributed by atoms with Crippen LogP contribution in [0.4, 0.5) is 0 Å². The van der Waals surface area contributed by atoms with E-state index in [0.717, 1.165) is 108 Å². The molecule has 90 heavy (non-hydrogen) atoms. The summed E-state index contributed by atoms with van der Waals surface area (Å²) in [5.74, 6) is -0.619. The Labute approximate surface area is 549 Å². The number of esters is 4. The normalized spacial score (nSPS) is 14.4. The van der Waals surface area contributed by atoms with Gasteiger partial charge in [0.1, 0.15) is 19.3 Å². The van der Waals surface area contributed by atoms with Gasteiger partial charge in [-0.05, 0) is 37.5 Å². The van der Waals surface area contributed by atoms with Crippen molar-refractivity contribution in [2.45, 2.75) is 381 Å². The molecule has 0 bridgehead atoms. The maximum Gasteiger partial charge on any atom is 0.472 e. The number of aliphatic hydroxyl groups is 1. The lowest BCUT2D eigenvalue weighted by Crippen LogP contribution is -2.30. The number of carbonyl (C=O) groups excluding carboxylic acids is 4. The van der Waals surface area contributed by atoms with E-state index in [1.54, 1.807) is 0 Å². The Morgan fingerprint density at radius 1 is 0.322 bits per heavy atom. The van der Waals surface area contributed by atoms with Crippen molar-refractivity contribution in [1.82, 2.24) is 0 Å². The quantitative estimate of drug-likeness (QED) is 0.0222. The second kappa shape index (κ2) is 63.1. The van der Waals surface area contributed by atoms with Gasteiger partial charge in [0.25, 0.3) is 0 Å². The number of hydrogen-bond donors (Lipinski definition) is 3. The highest BCUT2D eigenvalue weighted by Crippen LogP contribution is 2.45. The van der Waals surface area contributed by atoms with Crippen LogP contribution in [0.25, 0.3) is 0 Å². The lowest BCUT2D eigenvalue weighted by Gasteiger charge is -2.21. The molecule has 17 nitrogen and oxygen atoms in total. The highest BCUT2D eigenvalue weighted by atomic mass is 31.2. The molecule has 0 heterocycles. The Hall–Kier alpha value is -1.94. The van der Waals surface area contributed by atoms with E-state index in [1.807, 2.05) is 0 Å². The molecular formula is C71H138O17P2. The first-order valence-corrected chi connectivity index (χ1v) is 40.0. The van der Waals surface area contributed by atoms with Gasteiger partial charge in [-0.2, -0.15) is 0 Å². The van der Waals surface area contributed by atoms with Crippen LogP contribution in [0.15, 0.2) is 0 Å². The van der Waals surface area contributed by atoms with E-state index in [1.165, 1.54) is 173 Å². The number of phosphoric acid groups is 2. The fraction of sp³-hybridized carbons (Fsp3) is 0.944. The molecule has 534 valence electrons. The molecule has 3 N–H and O–H groups in total. The molecular weight excluding hydrogens is 1190 g/mol. The van der Waals surface area contributed by atoms with Gasteiger partial charge in [-0.25, -0.2) is 9.13 Å². The molecule has 0 aromatic carbocycles. The molecule has 0 fully saturated rings. The summed E-state index contributed by atoms with van der Waals surface area (Å²) in [7, 11) is -9.90. The molecule has 0 aliphatic carbocycles. The molecule has 0 saturated carbocycles. The highest BCUT2D eigenvalue weighted by Gasteiger charge is 2.30. The van der Waals surface area contributed by atoms with Crippen molar-refractivity contribution in [2.75, 3.05) is 39.6 Å². The van der Waals surface area contributed by atoms with Crippen LogP contribution in [0.3, 0.4) is 0 Å². The molecule has 0 rings (SSSR count). The van der Waals surface area contributed by atoms with Crippen molar-refractivity contribution in [3.63, 3.8) is 0 Å².